The van der Waals surface area contributed by atoms with Gasteiger partial charge in [-0.15, -0.1) is 10.2 Å². The highest BCUT2D eigenvalue weighted by molar-refractivity contribution is 8.00. The summed E-state index contributed by atoms with van der Waals surface area (Å²) >= 11 is 1.53. The Hall–Kier alpha value is -1.04. The van der Waals surface area contributed by atoms with Gasteiger partial charge in [-0.2, -0.15) is 0 Å². The number of aromatic nitrogens is 3. The lowest BCUT2D eigenvalue weighted by atomic mass is 10.3. The van der Waals surface area contributed by atoms with Gasteiger partial charge in [0.25, 0.3) is 0 Å². The maximum absolute atomic E-state index is 12.0. The third kappa shape index (κ3) is 3.00. The fourth-order valence-corrected chi connectivity index (χ4v) is 3.21. The molecule has 0 unspecified atom stereocenters. The second kappa shape index (κ2) is 5.39. The molecule has 2 saturated carbocycles. The van der Waals surface area contributed by atoms with E-state index in [-0.39, 0.29) is 17.2 Å². The molecule has 2 aliphatic rings. The number of nitrogens with zero attached hydrogens (tertiary/aromatic N) is 3. The SMILES string of the molecule is CC(C)NC(=O)[C@@H](C)Sc1nnc(C2CC2)n1C1CC1. The molecule has 2 aliphatic carbocycles. The predicted molar refractivity (Wildman–Crippen MR) is 78.9 cm³/mol. The lowest BCUT2D eigenvalue weighted by Gasteiger charge is -2.14. The number of carbonyl (C=O) groups excluding carboxylic acids is 1. The van der Waals surface area contributed by atoms with Gasteiger partial charge in [-0.05, 0) is 46.5 Å². The monoisotopic (exact) mass is 294 g/mol. The molecule has 0 bridgehead atoms. The van der Waals surface area contributed by atoms with E-state index in [9.17, 15) is 4.79 Å². The van der Waals surface area contributed by atoms with Crippen molar-refractivity contribution in [3.05, 3.63) is 5.82 Å². The van der Waals surface area contributed by atoms with E-state index >= 15 is 0 Å². The van der Waals surface area contributed by atoms with Crippen LogP contribution in [0.15, 0.2) is 5.16 Å². The first-order chi connectivity index (χ1) is 9.56. The van der Waals surface area contributed by atoms with Crippen molar-refractivity contribution >= 4 is 17.7 Å². The van der Waals surface area contributed by atoms with Gasteiger partial charge in [0.15, 0.2) is 5.16 Å². The van der Waals surface area contributed by atoms with Gasteiger partial charge in [-0.25, -0.2) is 0 Å². The van der Waals surface area contributed by atoms with Crippen LogP contribution in [0.3, 0.4) is 0 Å². The fraction of sp³-hybridized carbons (Fsp3) is 0.786. The van der Waals surface area contributed by atoms with E-state index in [0.29, 0.717) is 12.0 Å². The molecular weight excluding hydrogens is 272 g/mol. The van der Waals surface area contributed by atoms with Gasteiger partial charge in [0.1, 0.15) is 5.82 Å². The van der Waals surface area contributed by atoms with Crippen LogP contribution in [0.1, 0.15) is 64.2 Å². The lowest BCUT2D eigenvalue weighted by molar-refractivity contribution is -0.120. The molecule has 1 amide bonds. The molecular formula is C14H22N4OS. The molecule has 0 saturated heterocycles. The molecule has 6 heteroatoms. The summed E-state index contributed by atoms with van der Waals surface area (Å²) in [6, 6.07) is 0.748. The molecule has 0 aromatic carbocycles. The van der Waals surface area contributed by atoms with Crippen molar-refractivity contribution in [1.29, 1.82) is 0 Å². The standard InChI is InChI=1S/C14H22N4OS/c1-8(2)15-13(19)9(3)20-14-17-16-12(10-4-5-10)18(14)11-6-7-11/h8-11H,4-7H2,1-3H3,(H,15,19)/t9-/m1/s1. The van der Waals surface area contributed by atoms with E-state index in [1.54, 1.807) is 0 Å². The zero-order valence-corrected chi connectivity index (χ0v) is 13.1. The van der Waals surface area contributed by atoms with Crippen LogP contribution >= 0.6 is 11.8 Å². The molecule has 20 heavy (non-hydrogen) atoms. The Balaban J connectivity index is 1.72. The summed E-state index contributed by atoms with van der Waals surface area (Å²) in [6.45, 7) is 5.89. The van der Waals surface area contributed by atoms with Crippen LogP contribution in [0.4, 0.5) is 0 Å². The third-order valence-electron chi connectivity index (χ3n) is 3.63. The Bertz CT molecular complexity index is 505. The maximum atomic E-state index is 12.0. The molecule has 110 valence electrons. The zero-order valence-electron chi connectivity index (χ0n) is 12.3. The number of rotatable bonds is 6. The number of hydrogen-bond donors (Lipinski definition) is 1. The van der Waals surface area contributed by atoms with Crippen molar-refractivity contribution in [2.45, 2.75) is 74.9 Å². The fourth-order valence-electron chi connectivity index (χ4n) is 2.28. The van der Waals surface area contributed by atoms with Gasteiger partial charge in [0.2, 0.25) is 5.91 Å². The molecule has 1 aromatic rings. The molecule has 5 nitrogen and oxygen atoms in total. The van der Waals surface area contributed by atoms with Gasteiger partial charge in [-0.3, -0.25) is 4.79 Å². The van der Waals surface area contributed by atoms with Crippen molar-refractivity contribution < 1.29 is 4.79 Å². The Morgan fingerprint density at radius 1 is 1.25 bits per heavy atom. The quantitative estimate of drug-likeness (QED) is 0.819. The molecule has 1 atom stereocenters. The maximum Gasteiger partial charge on any atom is 0.233 e. The average molecular weight is 294 g/mol. The normalized spacial score (nSPS) is 20.2. The Labute approximate surface area is 123 Å². The van der Waals surface area contributed by atoms with Crippen LogP contribution in [-0.4, -0.2) is 32.0 Å². The topological polar surface area (TPSA) is 59.8 Å². The Kier molecular flexibility index (Phi) is 3.75. The zero-order chi connectivity index (χ0) is 14.3. The minimum atomic E-state index is -0.133. The highest BCUT2D eigenvalue weighted by Crippen LogP contribution is 2.46. The van der Waals surface area contributed by atoms with Crippen molar-refractivity contribution in [1.82, 2.24) is 20.1 Å². The minimum Gasteiger partial charge on any atom is -0.353 e. The molecule has 3 rings (SSSR count). The molecule has 2 fully saturated rings. The first-order valence-corrected chi connectivity index (χ1v) is 8.36. The molecule has 1 N–H and O–H groups in total. The van der Waals surface area contributed by atoms with Crippen LogP contribution in [0.5, 0.6) is 0 Å². The second-order valence-electron chi connectivity index (χ2n) is 6.14. The third-order valence-corrected chi connectivity index (χ3v) is 4.68. The number of amides is 1. The number of nitrogens with one attached hydrogen (secondary N) is 1. The molecule has 0 spiro atoms. The van der Waals surface area contributed by atoms with Crippen LogP contribution in [-0.2, 0) is 4.79 Å². The summed E-state index contributed by atoms with van der Waals surface area (Å²) in [4.78, 5) is 12.0. The van der Waals surface area contributed by atoms with Crippen molar-refractivity contribution in [2.75, 3.05) is 0 Å². The summed E-state index contributed by atoms with van der Waals surface area (Å²) in [5.74, 6) is 1.83. The average Bonchev–Trinajstić information content (AvgIpc) is 3.28. The lowest BCUT2D eigenvalue weighted by Crippen LogP contribution is -2.36. The van der Waals surface area contributed by atoms with Crippen molar-refractivity contribution in [3.8, 4) is 0 Å². The summed E-state index contributed by atoms with van der Waals surface area (Å²) in [6.07, 6.45) is 4.91. The smallest absolute Gasteiger partial charge is 0.233 e. The summed E-state index contributed by atoms with van der Waals surface area (Å²) in [5.41, 5.74) is 0. The summed E-state index contributed by atoms with van der Waals surface area (Å²) in [7, 11) is 0. The summed E-state index contributed by atoms with van der Waals surface area (Å²) in [5, 5.41) is 12.4. The van der Waals surface area contributed by atoms with E-state index in [2.05, 4.69) is 20.1 Å². The highest BCUT2D eigenvalue weighted by Gasteiger charge is 2.37. The van der Waals surface area contributed by atoms with Gasteiger partial charge in [0.05, 0.1) is 5.25 Å². The minimum absolute atomic E-state index is 0.0725. The molecule has 1 heterocycles. The highest BCUT2D eigenvalue weighted by atomic mass is 32.2. The van der Waals surface area contributed by atoms with E-state index in [1.165, 1.54) is 37.4 Å². The first-order valence-electron chi connectivity index (χ1n) is 7.48. The van der Waals surface area contributed by atoms with Crippen molar-refractivity contribution in [2.24, 2.45) is 0 Å². The van der Waals surface area contributed by atoms with Crippen LogP contribution < -0.4 is 5.32 Å². The molecule has 0 radical (unpaired) electrons. The summed E-state index contributed by atoms with van der Waals surface area (Å²) < 4.78 is 2.29. The predicted octanol–water partition coefficient (Wildman–Crippen LogP) is 2.50. The first kappa shape index (κ1) is 13.9. The van der Waals surface area contributed by atoms with Crippen LogP contribution in [0, 0.1) is 0 Å². The molecule has 1 aromatic heterocycles. The van der Waals surface area contributed by atoms with Gasteiger partial charge >= 0.3 is 0 Å². The number of carbonyl (C=O) groups is 1. The van der Waals surface area contributed by atoms with Crippen molar-refractivity contribution in [3.63, 3.8) is 0 Å². The Morgan fingerprint density at radius 3 is 2.50 bits per heavy atom. The number of thioether (sulfide) groups is 1. The largest absolute Gasteiger partial charge is 0.353 e. The van der Waals surface area contributed by atoms with E-state index in [1.807, 2.05) is 20.8 Å². The van der Waals surface area contributed by atoms with Crippen LogP contribution in [0.2, 0.25) is 0 Å². The Morgan fingerprint density at radius 2 is 1.95 bits per heavy atom. The van der Waals surface area contributed by atoms with Crippen LogP contribution in [0.25, 0.3) is 0 Å². The second-order valence-corrected chi connectivity index (χ2v) is 7.45. The molecule has 0 aliphatic heterocycles. The van der Waals surface area contributed by atoms with E-state index in [4.69, 9.17) is 0 Å². The van der Waals surface area contributed by atoms with E-state index in [0.717, 1.165) is 11.0 Å². The van der Waals surface area contributed by atoms with Gasteiger partial charge in [-0.1, -0.05) is 11.8 Å². The van der Waals surface area contributed by atoms with Gasteiger partial charge < -0.3 is 9.88 Å². The van der Waals surface area contributed by atoms with E-state index < -0.39 is 0 Å². The number of hydrogen-bond acceptors (Lipinski definition) is 4. The van der Waals surface area contributed by atoms with Gasteiger partial charge in [0, 0.05) is 18.0 Å².